The Morgan fingerprint density at radius 1 is 1.21 bits per heavy atom. The van der Waals surface area contributed by atoms with Gasteiger partial charge in [0.1, 0.15) is 5.82 Å². The second kappa shape index (κ2) is 8.02. The summed E-state index contributed by atoms with van der Waals surface area (Å²) in [6, 6.07) is 10.8. The van der Waals surface area contributed by atoms with Crippen LogP contribution in [0.4, 0.5) is 11.5 Å². The molecule has 0 saturated heterocycles. The van der Waals surface area contributed by atoms with E-state index < -0.39 is 22.3 Å². The Morgan fingerprint density at radius 3 is 2.62 bits per heavy atom. The van der Waals surface area contributed by atoms with E-state index in [-0.39, 0.29) is 11.5 Å². The fourth-order valence-electron chi connectivity index (χ4n) is 4.90. The largest absolute Gasteiger partial charge is 0.500 e. The molecular formula is C25H24N4O5. The number of methoxy groups -OCH3 is 1. The lowest BCUT2D eigenvalue weighted by atomic mass is 9.76. The number of ketones is 1. The summed E-state index contributed by atoms with van der Waals surface area (Å²) in [7, 11) is 1.34. The molecule has 9 heteroatoms. The van der Waals surface area contributed by atoms with Crippen LogP contribution in [0.25, 0.3) is 5.69 Å². The van der Waals surface area contributed by atoms with Crippen molar-refractivity contribution in [2.45, 2.75) is 39.0 Å². The number of aromatic hydroxyl groups is 1. The lowest BCUT2D eigenvalue weighted by Gasteiger charge is -2.33. The molecule has 2 heterocycles. The minimum absolute atomic E-state index is 0.00146. The summed E-state index contributed by atoms with van der Waals surface area (Å²) in [5.74, 6) is -0.401. The molecule has 1 aliphatic carbocycles. The van der Waals surface area contributed by atoms with E-state index in [0.29, 0.717) is 29.7 Å². The molecule has 2 aromatic carbocycles. The van der Waals surface area contributed by atoms with Crippen molar-refractivity contribution < 1.29 is 19.6 Å². The predicted octanol–water partition coefficient (Wildman–Crippen LogP) is 4.68. The van der Waals surface area contributed by atoms with Crippen molar-refractivity contribution in [2.24, 2.45) is 0 Å². The van der Waals surface area contributed by atoms with Gasteiger partial charge in [0.25, 0.3) is 0 Å². The number of fused-ring (bicyclic) bond motifs is 1. The number of Topliss-reactive ketones (excluding diaryl/α,β-unsaturated/α-hetero) is 1. The topological polar surface area (TPSA) is 120 Å². The molecular weight excluding hydrogens is 436 g/mol. The number of nitro groups is 1. The third-order valence-corrected chi connectivity index (χ3v) is 6.52. The Balaban J connectivity index is 1.78. The van der Waals surface area contributed by atoms with E-state index in [1.54, 1.807) is 6.07 Å². The molecule has 34 heavy (non-hydrogen) atoms. The summed E-state index contributed by atoms with van der Waals surface area (Å²) in [4.78, 5) is 24.2. The first kappa shape index (κ1) is 21.7. The summed E-state index contributed by atoms with van der Waals surface area (Å²) in [5.41, 5.74) is 4.88. The second-order valence-corrected chi connectivity index (χ2v) is 8.67. The molecule has 0 bridgehead atoms. The Morgan fingerprint density at radius 2 is 1.94 bits per heavy atom. The molecule has 1 atom stereocenters. The van der Waals surface area contributed by atoms with Crippen molar-refractivity contribution in [3.8, 4) is 17.2 Å². The van der Waals surface area contributed by atoms with Gasteiger partial charge in [0.05, 0.1) is 23.4 Å². The van der Waals surface area contributed by atoms with Crippen LogP contribution in [-0.2, 0) is 4.79 Å². The molecule has 0 radical (unpaired) electrons. The molecule has 3 aromatic rings. The zero-order chi connectivity index (χ0) is 24.1. The molecule has 174 valence electrons. The van der Waals surface area contributed by atoms with E-state index in [0.717, 1.165) is 34.8 Å². The molecule has 9 nitrogen and oxygen atoms in total. The smallest absolute Gasteiger partial charge is 0.314 e. The fourth-order valence-corrected chi connectivity index (χ4v) is 4.90. The number of nitrogens with zero attached hydrogens (tertiary/aromatic N) is 3. The van der Waals surface area contributed by atoms with Crippen molar-refractivity contribution >= 4 is 17.3 Å². The van der Waals surface area contributed by atoms with Gasteiger partial charge in [-0.15, -0.1) is 0 Å². The first-order valence-corrected chi connectivity index (χ1v) is 11.0. The first-order valence-electron chi connectivity index (χ1n) is 11.0. The van der Waals surface area contributed by atoms with Crippen LogP contribution in [0.15, 0.2) is 47.7 Å². The number of hydrogen-bond donors (Lipinski definition) is 2. The van der Waals surface area contributed by atoms with E-state index in [9.17, 15) is 20.0 Å². The molecule has 0 unspecified atom stereocenters. The van der Waals surface area contributed by atoms with E-state index in [1.807, 2.05) is 42.8 Å². The van der Waals surface area contributed by atoms with Crippen molar-refractivity contribution in [3.63, 3.8) is 0 Å². The van der Waals surface area contributed by atoms with Gasteiger partial charge in [0.15, 0.2) is 11.5 Å². The number of aryl methyl sites for hydroxylation is 2. The van der Waals surface area contributed by atoms with Crippen molar-refractivity contribution in [3.05, 3.63) is 80.2 Å². The number of phenols is 1. The molecule has 0 spiro atoms. The van der Waals surface area contributed by atoms with Gasteiger partial charge < -0.3 is 15.2 Å². The Bertz CT molecular complexity index is 1370. The molecule has 0 saturated carbocycles. The van der Waals surface area contributed by atoms with E-state index >= 15 is 0 Å². The van der Waals surface area contributed by atoms with Gasteiger partial charge in [-0.3, -0.25) is 14.9 Å². The maximum absolute atomic E-state index is 13.1. The van der Waals surface area contributed by atoms with Gasteiger partial charge in [-0.25, -0.2) is 4.68 Å². The number of carbonyl (C=O) groups excluding carboxylic acids is 1. The number of hydrogen-bond acceptors (Lipinski definition) is 7. The summed E-state index contributed by atoms with van der Waals surface area (Å²) >= 11 is 0. The van der Waals surface area contributed by atoms with Gasteiger partial charge in [-0.2, -0.15) is 5.10 Å². The van der Waals surface area contributed by atoms with Crippen molar-refractivity contribution in [1.82, 2.24) is 9.78 Å². The zero-order valence-electron chi connectivity index (χ0n) is 19.1. The van der Waals surface area contributed by atoms with Crippen LogP contribution < -0.4 is 10.1 Å². The third-order valence-electron chi connectivity index (χ3n) is 6.52. The molecule has 5 rings (SSSR count). The van der Waals surface area contributed by atoms with E-state index in [1.165, 1.54) is 13.2 Å². The highest BCUT2D eigenvalue weighted by Gasteiger charge is 2.40. The Labute approximate surface area is 195 Å². The number of rotatable bonds is 4. The molecule has 1 aliphatic heterocycles. The molecule has 0 fully saturated rings. The van der Waals surface area contributed by atoms with Crippen LogP contribution in [0.2, 0.25) is 0 Å². The molecule has 1 aromatic heterocycles. The number of ether oxygens (including phenoxy) is 1. The number of allylic oxidation sites excluding steroid dienone is 2. The van der Waals surface area contributed by atoms with E-state index in [4.69, 9.17) is 9.84 Å². The average Bonchev–Trinajstić information content (AvgIpc) is 3.14. The van der Waals surface area contributed by atoms with Gasteiger partial charge in [-0.1, -0.05) is 17.7 Å². The normalized spacial score (nSPS) is 17.1. The van der Waals surface area contributed by atoms with Crippen molar-refractivity contribution in [2.75, 3.05) is 12.4 Å². The highest BCUT2D eigenvalue weighted by atomic mass is 16.6. The monoisotopic (exact) mass is 460 g/mol. The van der Waals surface area contributed by atoms with Crippen LogP contribution in [0.5, 0.6) is 11.5 Å². The lowest BCUT2D eigenvalue weighted by Crippen LogP contribution is -2.27. The standard InChI is InChI=1S/C25H24N4O5/c1-13-7-9-16(10-8-13)28-25-21(14(2)27-28)22(23-17(26-25)5-4-6-19(23)30)15-11-18(29(32)33)24(31)20(12-15)34-3/h7-12,22,26,31H,4-6H2,1-3H3/t22-/m0/s1. The van der Waals surface area contributed by atoms with Gasteiger partial charge in [0.2, 0.25) is 5.75 Å². The number of nitro benzene ring substituents is 1. The van der Waals surface area contributed by atoms with Crippen LogP contribution in [-0.4, -0.2) is 32.7 Å². The highest BCUT2D eigenvalue weighted by molar-refractivity contribution is 6.01. The van der Waals surface area contributed by atoms with Crippen LogP contribution in [0.1, 0.15) is 47.6 Å². The number of nitrogens with one attached hydrogen (secondary N) is 1. The minimum atomic E-state index is -0.649. The minimum Gasteiger partial charge on any atom is -0.500 e. The Hall–Kier alpha value is -4.14. The second-order valence-electron chi connectivity index (χ2n) is 8.67. The fraction of sp³-hybridized carbons (Fsp3) is 0.280. The molecule has 2 aliphatic rings. The molecule has 2 N–H and O–H groups in total. The van der Waals surface area contributed by atoms with Gasteiger partial charge >= 0.3 is 5.69 Å². The quantitative estimate of drug-likeness (QED) is 0.429. The summed E-state index contributed by atoms with van der Waals surface area (Å²) in [6.07, 6.45) is 1.82. The summed E-state index contributed by atoms with van der Waals surface area (Å²) in [6.45, 7) is 3.88. The van der Waals surface area contributed by atoms with Crippen LogP contribution >= 0.6 is 0 Å². The van der Waals surface area contributed by atoms with Crippen LogP contribution in [0, 0.1) is 24.0 Å². The highest BCUT2D eigenvalue weighted by Crippen LogP contribution is 2.50. The third kappa shape index (κ3) is 3.32. The first-order chi connectivity index (χ1) is 16.3. The number of carbonyl (C=O) groups is 1. The number of anilines is 1. The van der Waals surface area contributed by atoms with E-state index in [2.05, 4.69) is 5.32 Å². The SMILES string of the molecule is COc1cc([C@@H]2C3=C(CCCC3=O)Nc3c2c(C)nn3-c2ccc(C)cc2)cc([N+](=O)[O-])c1O. The molecule has 0 amide bonds. The number of aromatic nitrogens is 2. The number of phenolic OH excluding ortho intramolecular Hbond substituents is 1. The predicted molar refractivity (Wildman–Crippen MR) is 126 cm³/mol. The van der Waals surface area contributed by atoms with Gasteiger partial charge in [-0.05, 0) is 50.5 Å². The number of benzene rings is 2. The maximum Gasteiger partial charge on any atom is 0.314 e. The average molecular weight is 460 g/mol. The summed E-state index contributed by atoms with van der Waals surface area (Å²) < 4.78 is 7.05. The Kier molecular flexibility index (Phi) is 5.11. The zero-order valence-corrected chi connectivity index (χ0v) is 19.1. The lowest BCUT2D eigenvalue weighted by molar-refractivity contribution is -0.386. The summed E-state index contributed by atoms with van der Waals surface area (Å²) in [5, 5.41) is 30.2. The van der Waals surface area contributed by atoms with Crippen LogP contribution in [0.3, 0.4) is 0 Å². The maximum atomic E-state index is 13.1. The van der Waals surface area contributed by atoms with Gasteiger partial charge in [0, 0.05) is 35.2 Å². The van der Waals surface area contributed by atoms with Crippen molar-refractivity contribution in [1.29, 1.82) is 0 Å².